The van der Waals surface area contributed by atoms with E-state index < -0.39 is 0 Å². The number of halogens is 2. The zero-order valence-electron chi connectivity index (χ0n) is 2.41. The summed E-state index contributed by atoms with van der Waals surface area (Å²) in [5.74, 6) is 0. The molecule has 0 aliphatic rings. The Morgan fingerprint density at radius 3 is 1.40 bits per heavy atom. The number of nitriles is 1. The second-order valence-electron chi connectivity index (χ2n) is 0.158. The van der Waals surface area contributed by atoms with Crippen LogP contribution in [0.4, 0.5) is 0 Å². The molecule has 0 atom stereocenters. The van der Waals surface area contributed by atoms with Gasteiger partial charge in [-0.05, 0) is 0 Å². The van der Waals surface area contributed by atoms with Gasteiger partial charge in [0.05, 0.1) is 0 Å². The highest BCUT2D eigenvalue weighted by atomic mass is 35.5. The van der Waals surface area contributed by atoms with Gasteiger partial charge in [-0.1, -0.05) is 0 Å². The van der Waals surface area contributed by atoms with Crippen LogP contribution in [0.1, 0.15) is 0 Å². The molecule has 0 unspecified atom stereocenters. The Balaban J connectivity index is -0.0000000200. The first kappa shape index (κ1) is 19.8. The zero-order chi connectivity index (χ0) is 2.71. The molecule has 2 nitrogen and oxygen atoms in total. The van der Waals surface area contributed by atoms with Crippen LogP contribution >= 0.6 is 0 Å². The van der Waals surface area contributed by atoms with Crippen LogP contribution in [0.2, 0.25) is 0 Å². The van der Waals surface area contributed by atoms with Gasteiger partial charge in [-0.2, -0.15) is 0 Å². The molecule has 0 aliphatic carbocycles. The number of rotatable bonds is 0. The van der Waals surface area contributed by atoms with E-state index in [1.54, 1.807) is 0 Å². The predicted molar refractivity (Wildman–Crippen MR) is 8.50 cm³/mol. The van der Waals surface area contributed by atoms with Gasteiger partial charge in [0.25, 0.3) is 0 Å². The highest BCUT2D eigenvalue weighted by Gasteiger charge is 1.22. The molecule has 0 heterocycles. The monoisotopic (exact) mass is 113 g/mol. The molecule has 0 saturated carbocycles. The maximum absolute atomic E-state index is 7.21. The molecule has 0 spiro atoms. The first-order valence-electron chi connectivity index (χ1n) is 0.577. The maximum Gasteiger partial charge on any atom is 0.303 e. The molecule has 0 aliphatic heterocycles. The summed E-state index contributed by atoms with van der Waals surface area (Å²) in [6.45, 7) is 0. The summed E-state index contributed by atoms with van der Waals surface area (Å²) in [5, 5.41) is 7.21. The molecule has 32 valence electrons. The molecule has 5 heavy (non-hydrogen) atoms. The third-order valence-corrected chi connectivity index (χ3v) is 0. The first-order valence-corrected chi connectivity index (χ1v) is 0.577. The fourth-order valence-corrected chi connectivity index (χ4v) is 0. The summed E-state index contributed by atoms with van der Waals surface area (Å²) in [7, 11) is 0. The van der Waals surface area contributed by atoms with Gasteiger partial charge in [0.1, 0.15) is 0 Å². The average molecular weight is 114 g/mol. The molecule has 0 aromatic heterocycles. The molecule has 0 bridgehead atoms. The second-order valence-corrected chi connectivity index (χ2v) is 0.158. The van der Waals surface area contributed by atoms with Gasteiger partial charge in [0, 0.05) is 0 Å². The lowest BCUT2D eigenvalue weighted by Gasteiger charge is -1.15. The second kappa shape index (κ2) is 34.9. The van der Waals surface area contributed by atoms with Gasteiger partial charge in [0.2, 0.25) is 0 Å². The Morgan fingerprint density at radius 1 is 1.40 bits per heavy atom. The van der Waals surface area contributed by atoms with Gasteiger partial charge in [-0.3, -0.25) is 5.73 Å². The molecule has 3 N–H and O–H groups in total. The number of hydrogen-bond acceptors (Lipinski definition) is 1. The van der Waals surface area contributed by atoms with E-state index in [9.17, 15) is 0 Å². The summed E-state index contributed by atoms with van der Waals surface area (Å²) in [4.78, 5) is 0. The Bertz CT molecular complexity index is 29.1. The van der Waals surface area contributed by atoms with Crippen LogP contribution in [-0.4, -0.2) is 0 Å². The van der Waals surface area contributed by atoms with Crippen LogP contribution in [0.3, 0.4) is 0 Å². The quantitative estimate of drug-likeness (QED) is 0.312. The Morgan fingerprint density at radius 2 is 1.40 bits per heavy atom. The van der Waals surface area contributed by atoms with E-state index >= 15 is 0 Å². The van der Waals surface area contributed by atoms with Crippen LogP contribution in [0, 0.1) is 11.5 Å². The number of nitrogens with zero attached hydrogens (tertiary/aromatic N) is 1. The van der Waals surface area contributed by atoms with Crippen molar-refractivity contribution in [2.24, 2.45) is 0 Å². The van der Waals surface area contributed by atoms with Gasteiger partial charge in [-0.25, -0.2) is 0 Å². The highest BCUT2D eigenvalue weighted by Crippen LogP contribution is 0.794. The van der Waals surface area contributed by atoms with Crippen molar-refractivity contribution in [3.05, 3.63) is 0 Å². The third kappa shape index (κ3) is 18500. The minimum atomic E-state index is 0. The van der Waals surface area contributed by atoms with Crippen LogP contribution in [-0.2, 0) is 0 Å². The molecular formula is CH3Cl2N2-. The maximum atomic E-state index is 7.21. The average Bonchev–Trinajstić information content (AvgIpc) is 0.918. The van der Waals surface area contributed by atoms with Crippen LogP contribution in [0.15, 0.2) is 0 Å². The van der Waals surface area contributed by atoms with E-state index in [2.05, 4.69) is 5.73 Å². The number of quaternary nitrogens is 1. The molecule has 0 fully saturated rings. The van der Waals surface area contributed by atoms with Crippen molar-refractivity contribution in [3.63, 3.8) is 0 Å². The van der Waals surface area contributed by atoms with E-state index in [1.807, 2.05) is 0 Å². The van der Waals surface area contributed by atoms with Crippen molar-refractivity contribution in [1.82, 2.24) is 0 Å². The van der Waals surface area contributed by atoms with Crippen molar-refractivity contribution in [2.75, 3.05) is 0 Å². The zero-order valence-corrected chi connectivity index (χ0v) is 3.92. The fourth-order valence-electron chi connectivity index (χ4n) is 0. The van der Waals surface area contributed by atoms with E-state index in [0.717, 1.165) is 0 Å². The lowest BCUT2D eigenvalue weighted by atomic mass is 11.5. The smallest absolute Gasteiger partial charge is 0.303 e. The standard InChI is InChI=1S/CH2N2.2ClH/c2-1-3;;/h2H2;2*1H/p-1. The van der Waals surface area contributed by atoms with Gasteiger partial charge >= 0.3 is 6.19 Å². The van der Waals surface area contributed by atoms with E-state index in [4.69, 9.17) is 5.26 Å². The summed E-state index contributed by atoms with van der Waals surface area (Å²) in [5.41, 5.74) is 2.79. The Kier molecular flexibility index (Phi) is 138. The molecule has 0 amide bonds. The van der Waals surface area contributed by atoms with Crippen molar-refractivity contribution in [3.8, 4) is 6.19 Å². The molecule has 4 heteroatoms. The van der Waals surface area contributed by atoms with Gasteiger partial charge in [0.15, 0.2) is 0 Å². The summed E-state index contributed by atoms with van der Waals surface area (Å²) >= 11 is 0. The molecular weight excluding hydrogens is 111 g/mol. The van der Waals surface area contributed by atoms with Gasteiger partial charge < -0.3 is 24.8 Å². The minimum Gasteiger partial charge on any atom is -1.00 e. The summed E-state index contributed by atoms with van der Waals surface area (Å²) in [6, 6.07) is 0. The third-order valence-electron chi connectivity index (χ3n) is 0. The normalized spacial score (nSPS) is 1.60. The molecule has 0 aromatic carbocycles. The SMILES string of the molecule is N#C[NH3+].[Cl-].[Cl-]. The Hall–Kier alpha value is 0.0300. The molecule has 0 rings (SSSR count). The lowest BCUT2D eigenvalue weighted by Crippen LogP contribution is -3.00. The van der Waals surface area contributed by atoms with E-state index in [0.29, 0.717) is 0 Å². The topological polar surface area (TPSA) is 51.4 Å². The predicted octanol–water partition coefficient (Wildman–Crippen LogP) is -7.28. The van der Waals surface area contributed by atoms with Crippen LogP contribution in [0.5, 0.6) is 0 Å². The minimum absolute atomic E-state index is 0. The van der Waals surface area contributed by atoms with Crippen LogP contribution in [0.25, 0.3) is 0 Å². The van der Waals surface area contributed by atoms with Crippen LogP contribution < -0.4 is 30.5 Å². The van der Waals surface area contributed by atoms with E-state index in [1.165, 1.54) is 6.19 Å². The summed E-state index contributed by atoms with van der Waals surface area (Å²) in [6.07, 6.45) is 1.50. The van der Waals surface area contributed by atoms with Crippen molar-refractivity contribution in [2.45, 2.75) is 0 Å². The molecule has 0 aromatic rings. The lowest BCUT2D eigenvalue weighted by molar-refractivity contribution is -0.252. The molecule has 0 saturated heterocycles. The first-order chi connectivity index (χ1) is 1.41. The van der Waals surface area contributed by atoms with Crippen molar-refractivity contribution >= 4 is 0 Å². The van der Waals surface area contributed by atoms with Crippen molar-refractivity contribution < 1.29 is 30.5 Å². The number of hydrogen-bond donors (Lipinski definition) is 1. The van der Waals surface area contributed by atoms with E-state index in [-0.39, 0.29) is 24.8 Å². The van der Waals surface area contributed by atoms with Gasteiger partial charge in [-0.15, -0.1) is 5.26 Å². The van der Waals surface area contributed by atoms with Crippen molar-refractivity contribution in [1.29, 1.82) is 5.26 Å². The fraction of sp³-hybridized carbons (Fsp3) is 0. The molecule has 0 radical (unpaired) electrons. The summed E-state index contributed by atoms with van der Waals surface area (Å²) < 4.78 is 0. The largest absolute Gasteiger partial charge is 1.00 e. The highest BCUT2D eigenvalue weighted by molar-refractivity contribution is 4.25. The Labute approximate surface area is 42.8 Å².